The number of hydrogen-bond acceptors (Lipinski definition) is 6. The third-order valence-electron chi connectivity index (χ3n) is 5.29. The van der Waals surface area contributed by atoms with Crippen LogP contribution in [-0.4, -0.2) is 81.6 Å². The van der Waals surface area contributed by atoms with E-state index in [1.165, 1.54) is 12.8 Å². The van der Waals surface area contributed by atoms with Crippen molar-refractivity contribution in [3.8, 4) is 11.8 Å². The van der Waals surface area contributed by atoms with Crippen molar-refractivity contribution < 1.29 is 14.2 Å². The van der Waals surface area contributed by atoms with E-state index >= 15 is 0 Å². The number of likely N-dealkylation sites (tertiary alicyclic amines) is 1. The molecule has 26 heavy (non-hydrogen) atoms. The molecule has 3 rings (SSSR count). The lowest BCUT2D eigenvalue weighted by atomic mass is 10.2. The standard InChI is InChI=1S/C20H29N3O3/c1-24-12-13-25-10-8-22-15-18-4-5-19(16-22)23(18)9-11-26-20-6-2-17(14-21)3-7-20/h2-3,6-7,18-19H,4-5,8-13,15-16H2,1H3. The predicted molar refractivity (Wildman–Crippen MR) is 99.3 cm³/mol. The minimum Gasteiger partial charge on any atom is -0.492 e. The van der Waals surface area contributed by atoms with Crippen LogP contribution in [-0.2, 0) is 9.47 Å². The highest BCUT2D eigenvalue weighted by Gasteiger charge is 2.39. The molecule has 2 saturated heterocycles. The summed E-state index contributed by atoms with van der Waals surface area (Å²) in [5.41, 5.74) is 0.665. The van der Waals surface area contributed by atoms with Gasteiger partial charge in [-0.15, -0.1) is 0 Å². The van der Waals surface area contributed by atoms with Gasteiger partial charge in [-0.3, -0.25) is 9.80 Å². The highest BCUT2D eigenvalue weighted by molar-refractivity contribution is 5.34. The first-order valence-corrected chi connectivity index (χ1v) is 9.48. The Hall–Kier alpha value is -1.65. The summed E-state index contributed by atoms with van der Waals surface area (Å²) in [5, 5.41) is 8.84. The van der Waals surface area contributed by atoms with Gasteiger partial charge in [-0.1, -0.05) is 0 Å². The molecule has 1 aromatic carbocycles. The van der Waals surface area contributed by atoms with Crippen LogP contribution in [0.25, 0.3) is 0 Å². The number of ether oxygens (including phenoxy) is 3. The lowest BCUT2D eigenvalue weighted by Gasteiger charge is -2.41. The van der Waals surface area contributed by atoms with Crippen molar-refractivity contribution in [3.05, 3.63) is 29.8 Å². The third-order valence-corrected chi connectivity index (χ3v) is 5.29. The molecular formula is C20H29N3O3. The van der Waals surface area contributed by atoms with Crippen molar-refractivity contribution in [2.45, 2.75) is 24.9 Å². The molecule has 2 fully saturated rings. The summed E-state index contributed by atoms with van der Waals surface area (Å²) in [7, 11) is 1.70. The van der Waals surface area contributed by atoms with E-state index in [-0.39, 0.29) is 0 Å². The van der Waals surface area contributed by atoms with E-state index in [4.69, 9.17) is 19.5 Å². The van der Waals surface area contributed by atoms with Crippen molar-refractivity contribution in [3.63, 3.8) is 0 Å². The van der Waals surface area contributed by atoms with Gasteiger partial charge in [0.2, 0.25) is 0 Å². The molecule has 0 spiro atoms. The Morgan fingerprint density at radius 2 is 1.73 bits per heavy atom. The van der Waals surface area contributed by atoms with Crippen LogP contribution in [0, 0.1) is 11.3 Å². The average molecular weight is 359 g/mol. The zero-order chi connectivity index (χ0) is 18.2. The molecule has 1 aromatic rings. The second-order valence-electron chi connectivity index (χ2n) is 6.97. The Balaban J connectivity index is 1.37. The van der Waals surface area contributed by atoms with E-state index in [1.807, 2.05) is 12.1 Å². The third kappa shape index (κ3) is 5.18. The van der Waals surface area contributed by atoms with Gasteiger partial charge in [0.25, 0.3) is 0 Å². The van der Waals surface area contributed by atoms with E-state index in [1.54, 1.807) is 19.2 Å². The van der Waals surface area contributed by atoms with Gasteiger partial charge in [-0.2, -0.15) is 5.26 Å². The fourth-order valence-electron chi connectivity index (χ4n) is 3.96. The minimum absolute atomic E-state index is 0.636. The van der Waals surface area contributed by atoms with Crippen LogP contribution in [0.5, 0.6) is 5.75 Å². The van der Waals surface area contributed by atoms with Crippen LogP contribution in [0.4, 0.5) is 0 Å². The summed E-state index contributed by atoms with van der Waals surface area (Å²) in [6.45, 7) is 7.04. The fraction of sp³-hybridized carbons (Fsp3) is 0.650. The van der Waals surface area contributed by atoms with Crippen LogP contribution in [0.1, 0.15) is 18.4 Å². The van der Waals surface area contributed by atoms with E-state index in [2.05, 4.69) is 15.9 Å². The van der Waals surface area contributed by atoms with E-state index in [9.17, 15) is 0 Å². The Morgan fingerprint density at radius 3 is 2.38 bits per heavy atom. The van der Waals surface area contributed by atoms with Crippen LogP contribution in [0.2, 0.25) is 0 Å². The Kier molecular flexibility index (Phi) is 7.27. The maximum absolute atomic E-state index is 8.84. The monoisotopic (exact) mass is 359 g/mol. The second kappa shape index (κ2) is 9.89. The van der Waals surface area contributed by atoms with Gasteiger partial charge in [0.05, 0.1) is 31.5 Å². The van der Waals surface area contributed by atoms with Gasteiger partial charge in [0.1, 0.15) is 12.4 Å². The first kappa shape index (κ1) is 19.1. The average Bonchev–Trinajstić information content (AvgIpc) is 2.90. The number of nitrogens with zero attached hydrogens (tertiary/aromatic N) is 3. The summed E-state index contributed by atoms with van der Waals surface area (Å²) < 4.78 is 16.5. The van der Waals surface area contributed by atoms with Gasteiger partial charge in [-0.05, 0) is 37.1 Å². The molecule has 0 saturated carbocycles. The van der Waals surface area contributed by atoms with Crippen LogP contribution >= 0.6 is 0 Å². The van der Waals surface area contributed by atoms with Crippen molar-refractivity contribution in [2.75, 3.05) is 59.7 Å². The topological polar surface area (TPSA) is 58.0 Å². The zero-order valence-electron chi connectivity index (χ0n) is 15.6. The van der Waals surface area contributed by atoms with Gasteiger partial charge < -0.3 is 14.2 Å². The molecule has 2 bridgehead atoms. The molecule has 6 heteroatoms. The number of hydrogen-bond donors (Lipinski definition) is 0. The maximum Gasteiger partial charge on any atom is 0.119 e. The Bertz CT molecular complexity index is 573. The summed E-state index contributed by atoms with van der Waals surface area (Å²) in [5.74, 6) is 0.836. The highest BCUT2D eigenvalue weighted by Crippen LogP contribution is 2.29. The summed E-state index contributed by atoms with van der Waals surface area (Å²) >= 11 is 0. The lowest BCUT2D eigenvalue weighted by molar-refractivity contribution is 0.0232. The molecule has 142 valence electrons. The van der Waals surface area contributed by atoms with Crippen molar-refractivity contribution >= 4 is 0 Å². The Morgan fingerprint density at radius 1 is 1.00 bits per heavy atom. The maximum atomic E-state index is 8.84. The van der Waals surface area contributed by atoms with Crippen molar-refractivity contribution in [1.82, 2.24) is 9.80 Å². The highest BCUT2D eigenvalue weighted by atomic mass is 16.5. The van der Waals surface area contributed by atoms with E-state index < -0.39 is 0 Å². The molecule has 2 unspecified atom stereocenters. The zero-order valence-corrected chi connectivity index (χ0v) is 15.6. The first-order valence-electron chi connectivity index (χ1n) is 9.48. The van der Waals surface area contributed by atoms with Gasteiger partial charge in [-0.25, -0.2) is 0 Å². The van der Waals surface area contributed by atoms with Crippen LogP contribution in [0.3, 0.4) is 0 Å². The van der Waals surface area contributed by atoms with E-state index in [0.717, 1.165) is 38.5 Å². The predicted octanol–water partition coefficient (Wildman–Crippen LogP) is 1.75. The molecule has 2 atom stereocenters. The van der Waals surface area contributed by atoms with Crippen LogP contribution < -0.4 is 4.74 Å². The largest absolute Gasteiger partial charge is 0.492 e. The number of piperazine rings is 1. The van der Waals surface area contributed by atoms with Crippen molar-refractivity contribution in [2.24, 2.45) is 0 Å². The van der Waals surface area contributed by atoms with E-state index in [0.29, 0.717) is 37.5 Å². The molecule has 0 radical (unpaired) electrons. The SMILES string of the molecule is COCCOCCN1CC2CCC(C1)N2CCOc1ccc(C#N)cc1. The number of fused-ring (bicyclic) bond motifs is 2. The summed E-state index contributed by atoms with van der Waals surface area (Å²) in [6.07, 6.45) is 2.56. The lowest BCUT2D eigenvalue weighted by Crippen LogP contribution is -2.55. The molecule has 2 heterocycles. The number of rotatable bonds is 10. The van der Waals surface area contributed by atoms with Gasteiger partial charge in [0, 0.05) is 45.4 Å². The fourth-order valence-corrected chi connectivity index (χ4v) is 3.96. The minimum atomic E-state index is 0.636. The number of nitriles is 1. The first-order chi connectivity index (χ1) is 12.8. The van der Waals surface area contributed by atoms with Crippen LogP contribution in [0.15, 0.2) is 24.3 Å². The molecule has 0 aromatic heterocycles. The molecule has 6 nitrogen and oxygen atoms in total. The summed E-state index contributed by atoms with van der Waals surface area (Å²) in [4.78, 5) is 5.15. The van der Waals surface area contributed by atoms with Crippen molar-refractivity contribution in [1.29, 1.82) is 5.26 Å². The normalized spacial score (nSPS) is 23.1. The molecule has 2 aliphatic rings. The quantitative estimate of drug-likeness (QED) is 0.593. The van der Waals surface area contributed by atoms with Gasteiger partial charge >= 0.3 is 0 Å². The molecule has 0 aliphatic carbocycles. The molecule has 0 amide bonds. The number of benzene rings is 1. The van der Waals surface area contributed by atoms with Gasteiger partial charge in [0.15, 0.2) is 0 Å². The smallest absolute Gasteiger partial charge is 0.119 e. The molecule has 2 aliphatic heterocycles. The number of methoxy groups -OCH3 is 1. The summed E-state index contributed by atoms with van der Waals surface area (Å²) in [6, 6.07) is 10.7. The second-order valence-corrected chi connectivity index (χ2v) is 6.97. The Labute approximate surface area is 156 Å². The molecular weight excluding hydrogens is 330 g/mol. The molecule has 0 N–H and O–H groups in total.